The van der Waals surface area contributed by atoms with Crippen LogP contribution in [0.1, 0.15) is 30.5 Å². The first kappa shape index (κ1) is 22.0. The van der Waals surface area contributed by atoms with Crippen LogP contribution in [-0.2, 0) is 21.9 Å². The van der Waals surface area contributed by atoms with Crippen molar-refractivity contribution >= 4 is 23.6 Å². The van der Waals surface area contributed by atoms with Gasteiger partial charge in [0.25, 0.3) is 0 Å². The lowest BCUT2D eigenvalue weighted by Crippen LogP contribution is -2.48. The second-order valence-corrected chi connectivity index (χ2v) is 7.65. The Balaban J connectivity index is 2.05. The molecule has 1 N–H and O–H groups in total. The lowest BCUT2D eigenvalue weighted by Gasteiger charge is -2.28. The first-order valence-electron chi connectivity index (χ1n) is 9.36. The number of halogens is 1. The summed E-state index contributed by atoms with van der Waals surface area (Å²) >= 11 is 1.35. The Morgan fingerprint density at radius 2 is 1.82 bits per heavy atom. The zero-order valence-electron chi connectivity index (χ0n) is 16.6. The number of aryl methyl sites for hydroxylation is 1. The molecule has 0 bridgehead atoms. The van der Waals surface area contributed by atoms with Crippen LogP contribution < -0.4 is 5.32 Å². The quantitative estimate of drug-likeness (QED) is 0.692. The van der Waals surface area contributed by atoms with E-state index in [9.17, 15) is 14.0 Å². The zero-order valence-corrected chi connectivity index (χ0v) is 17.4. The predicted octanol–water partition coefficient (Wildman–Crippen LogP) is 3.92. The van der Waals surface area contributed by atoms with Gasteiger partial charge >= 0.3 is 0 Å². The number of hydrogen-bond donors (Lipinski definition) is 1. The molecule has 0 radical (unpaired) electrons. The van der Waals surface area contributed by atoms with Crippen molar-refractivity contribution in [3.63, 3.8) is 0 Å². The normalized spacial score (nSPS) is 11.7. The number of amides is 2. The van der Waals surface area contributed by atoms with Gasteiger partial charge in [-0.1, -0.05) is 48.0 Å². The van der Waals surface area contributed by atoms with Crippen molar-refractivity contribution in [3.05, 3.63) is 71.0 Å². The molecule has 2 amide bonds. The van der Waals surface area contributed by atoms with Gasteiger partial charge in [-0.25, -0.2) is 4.39 Å². The lowest BCUT2D eigenvalue weighted by atomic mass is 10.1. The van der Waals surface area contributed by atoms with Crippen LogP contribution >= 0.6 is 11.8 Å². The summed E-state index contributed by atoms with van der Waals surface area (Å²) in [7, 11) is 0. The minimum absolute atomic E-state index is 0.138. The second-order valence-electron chi connectivity index (χ2n) is 6.66. The van der Waals surface area contributed by atoms with Gasteiger partial charge in [0.05, 0.1) is 5.75 Å². The van der Waals surface area contributed by atoms with Crippen LogP contribution in [0.2, 0.25) is 0 Å². The van der Waals surface area contributed by atoms with Gasteiger partial charge in [0.15, 0.2) is 0 Å². The van der Waals surface area contributed by atoms with Gasteiger partial charge in [-0.05, 0) is 38.0 Å². The maximum atomic E-state index is 13.7. The highest BCUT2D eigenvalue weighted by molar-refractivity contribution is 7.99. The van der Waals surface area contributed by atoms with E-state index < -0.39 is 6.04 Å². The summed E-state index contributed by atoms with van der Waals surface area (Å²) in [5, 5.41) is 2.78. The molecule has 0 saturated carbocycles. The maximum Gasteiger partial charge on any atom is 0.242 e. The molecule has 150 valence electrons. The van der Waals surface area contributed by atoms with Crippen molar-refractivity contribution in [2.45, 2.75) is 39.1 Å². The molecule has 0 unspecified atom stereocenters. The molecule has 6 heteroatoms. The highest BCUT2D eigenvalue weighted by atomic mass is 32.2. The van der Waals surface area contributed by atoms with Crippen LogP contribution in [0.5, 0.6) is 0 Å². The van der Waals surface area contributed by atoms with Crippen LogP contribution in [-0.4, -0.2) is 35.1 Å². The fourth-order valence-electron chi connectivity index (χ4n) is 2.74. The molecule has 0 aliphatic rings. The first-order valence-corrected chi connectivity index (χ1v) is 10.5. The Morgan fingerprint density at radius 1 is 1.14 bits per heavy atom. The van der Waals surface area contributed by atoms with Gasteiger partial charge in [-0.15, -0.1) is 11.8 Å². The fraction of sp³-hybridized carbons (Fsp3) is 0.364. The Kier molecular flexibility index (Phi) is 8.51. The second kappa shape index (κ2) is 10.9. The van der Waals surface area contributed by atoms with E-state index in [2.05, 4.69) is 5.32 Å². The minimum atomic E-state index is -0.581. The van der Waals surface area contributed by atoms with Crippen molar-refractivity contribution in [1.82, 2.24) is 10.2 Å². The summed E-state index contributed by atoms with van der Waals surface area (Å²) in [5.41, 5.74) is 2.68. The van der Waals surface area contributed by atoms with Crippen molar-refractivity contribution < 1.29 is 14.0 Å². The van der Waals surface area contributed by atoms with E-state index in [1.54, 1.807) is 30.0 Å². The third-order valence-electron chi connectivity index (χ3n) is 4.43. The monoisotopic (exact) mass is 402 g/mol. The van der Waals surface area contributed by atoms with E-state index in [0.29, 0.717) is 24.4 Å². The molecule has 0 aromatic heterocycles. The van der Waals surface area contributed by atoms with Crippen molar-refractivity contribution in [2.24, 2.45) is 0 Å². The molecule has 28 heavy (non-hydrogen) atoms. The number of carbonyl (C=O) groups excluding carboxylic acids is 2. The largest absolute Gasteiger partial charge is 0.355 e. The standard InChI is InChI=1S/C22H27FN2O2S/c1-4-24-22(27)17(3)25(13-18-11-9-16(2)10-12-18)21(26)15-28-14-19-7-5-6-8-20(19)23/h5-12,17H,4,13-15H2,1-3H3,(H,24,27)/t17-/m1/s1. The van der Waals surface area contributed by atoms with Gasteiger partial charge in [0, 0.05) is 18.8 Å². The van der Waals surface area contributed by atoms with Gasteiger partial charge in [0.1, 0.15) is 11.9 Å². The highest BCUT2D eigenvalue weighted by Gasteiger charge is 2.25. The van der Waals surface area contributed by atoms with Crippen molar-refractivity contribution in [3.8, 4) is 0 Å². The fourth-order valence-corrected chi connectivity index (χ4v) is 3.64. The summed E-state index contributed by atoms with van der Waals surface area (Å²) in [6, 6.07) is 13.9. The number of nitrogens with zero attached hydrogens (tertiary/aromatic N) is 1. The van der Waals surface area contributed by atoms with E-state index in [1.165, 1.54) is 17.8 Å². The first-order chi connectivity index (χ1) is 13.4. The van der Waals surface area contributed by atoms with Crippen molar-refractivity contribution in [2.75, 3.05) is 12.3 Å². The third kappa shape index (κ3) is 6.37. The molecule has 2 rings (SSSR count). The van der Waals surface area contributed by atoms with Gasteiger partial charge in [-0.3, -0.25) is 9.59 Å². The molecule has 0 spiro atoms. The van der Waals surface area contributed by atoms with E-state index >= 15 is 0 Å². The Morgan fingerprint density at radius 3 is 2.46 bits per heavy atom. The molecule has 2 aromatic carbocycles. The molecular formula is C22H27FN2O2S. The maximum absolute atomic E-state index is 13.7. The molecule has 2 aromatic rings. The summed E-state index contributed by atoms with van der Waals surface area (Å²) in [4.78, 5) is 26.8. The Labute approximate surface area is 170 Å². The van der Waals surface area contributed by atoms with Gasteiger partial charge in [-0.2, -0.15) is 0 Å². The van der Waals surface area contributed by atoms with E-state index in [1.807, 2.05) is 38.1 Å². The lowest BCUT2D eigenvalue weighted by molar-refractivity contribution is -0.138. The summed E-state index contributed by atoms with van der Waals surface area (Å²) in [6.45, 7) is 6.46. The Bertz CT molecular complexity index is 795. The number of hydrogen-bond acceptors (Lipinski definition) is 3. The number of likely N-dealkylation sites (N-methyl/N-ethyl adjacent to an activating group) is 1. The van der Waals surface area contributed by atoms with Crippen LogP contribution in [0.15, 0.2) is 48.5 Å². The summed E-state index contributed by atoms with van der Waals surface area (Å²) < 4.78 is 13.7. The van der Waals surface area contributed by atoms with E-state index in [-0.39, 0.29) is 23.4 Å². The average Bonchev–Trinajstić information content (AvgIpc) is 2.68. The summed E-state index contributed by atoms with van der Waals surface area (Å²) in [5.74, 6) is 0.00776. The molecule has 0 fully saturated rings. The van der Waals surface area contributed by atoms with Crippen LogP contribution in [0, 0.1) is 12.7 Å². The van der Waals surface area contributed by atoms with Crippen LogP contribution in [0.3, 0.4) is 0 Å². The third-order valence-corrected chi connectivity index (χ3v) is 5.40. The van der Waals surface area contributed by atoms with Crippen LogP contribution in [0.25, 0.3) is 0 Å². The van der Waals surface area contributed by atoms with Gasteiger partial charge < -0.3 is 10.2 Å². The summed E-state index contributed by atoms with van der Waals surface area (Å²) in [6.07, 6.45) is 0. The molecule has 1 atom stereocenters. The van der Waals surface area contributed by atoms with Crippen LogP contribution in [0.4, 0.5) is 4.39 Å². The topological polar surface area (TPSA) is 49.4 Å². The number of nitrogens with one attached hydrogen (secondary N) is 1. The number of benzene rings is 2. The molecule has 0 saturated heterocycles. The molecule has 0 aliphatic heterocycles. The number of carbonyl (C=O) groups is 2. The molecular weight excluding hydrogens is 375 g/mol. The number of thioether (sulfide) groups is 1. The molecule has 0 heterocycles. The SMILES string of the molecule is CCNC(=O)[C@@H](C)N(Cc1ccc(C)cc1)C(=O)CSCc1ccccc1F. The minimum Gasteiger partial charge on any atom is -0.355 e. The average molecular weight is 403 g/mol. The predicted molar refractivity (Wildman–Crippen MR) is 112 cm³/mol. The zero-order chi connectivity index (χ0) is 20.5. The molecule has 4 nitrogen and oxygen atoms in total. The van der Waals surface area contributed by atoms with Gasteiger partial charge in [0.2, 0.25) is 11.8 Å². The Hall–Kier alpha value is -2.34. The highest BCUT2D eigenvalue weighted by Crippen LogP contribution is 2.18. The molecule has 0 aliphatic carbocycles. The van der Waals surface area contributed by atoms with E-state index in [0.717, 1.165) is 11.1 Å². The number of rotatable bonds is 9. The van der Waals surface area contributed by atoms with E-state index in [4.69, 9.17) is 0 Å². The van der Waals surface area contributed by atoms with Crippen molar-refractivity contribution in [1.29, 1.82) is 0 Å². The smallest absolute Gasteiger partial charge is 0.242 e.